The number of carbonyl (C=O) groups excluding carboxylic acids is 2. The SMILES string of the molecule is O=C(Nc1nccnc1C(=O)NCc1ccccc1)c1ccccc1. The van der Waals surface area contributed by atoms with E-state index in [0.29, 0.717) is 12.1 Å². The molecular formula is C19H16N4O2. The van der Waals surface area contributed by atoms with Crippen molar-refractivity contribution in [3.63, 3.8) is 0 Å². The fraction of sp³-hybridized carbons (Fsp3) is 0.0526. The topological polar surface area (TPSA) is 84.0 Å². The molecule has 1 aromatic heterocycles. The Morgan fingerprint density at radius 1 is 0.800 bits per heavy atom. The van der Waals surface area contributed by atoms with Gasteiger partial charge < -0.3 is 10.6 Å². The molecule has 1 heterocycles. The van der Waals surface area contributed by atoms with E-state index in [0.717, 1.165) is 5.56 Å². The summed E-state index contributed by atoms with van der Waals surface area (Å²) < 4.78 is 0. The second-order valence-corrected chi connectivity index (χ2v) is 5.24. The van der Waals surface area contributed by atoms with Gasteiger partial charge in [0.05, 0.1) is 0 Å². The van der Waals surface area contributed by atoms with E-state index in [1.165, 1.54) is 12.4 Å². The number of carbonyl (C=O) groups is 2. The van der Waals surface area contributed by atoms with Gasteiger partial charge in [-0.15, -0.1) is 0 Å². The van der Waals surface area contributed by atoms with Crippen molar-refractivity contribution < 1.29 is 9.59 Å². The minimum absolute atomic E-state index is 0.0720. The van der Waals surface area contributed by atoms with Crippen molar-refractivity contribution in [1.29, 1.82) is 0 Å². The van der Waals surface area contributed by atoms with Gasteiger partial charge in [0.25, 0.3) is 11.8 Å². The van der Waals surface area contributed by atoms with E-state index in [2.05, 4.69) is 20.6 Å². The highest BCUT2D eigenvalue weighted by molar-refractivity contribution is 6.07. The van der Waals surface area contributed by atoms with Crippen LogP contribution in [0.4, 0.5) is 5.82 Å². The molecule has 0 unspecified atom stereocenters. The van der Waals surface area contributed by atoms with Crippen LogP contribution in [0.2, 0.25) is 0 Å². The van der Waals surface area contributed by atoms with Crippen LogP contribution in [0.5, 0.6) is 0 Å². The average molecular weight is 332 g/mol. The maximum absolute atomic E-state index is 12.4. The van der Waals surface area contributed by atoms with Gasteiger partial charge in [-0.2, -0.15) is 0 Å². The van der Waals surface area contributed by atoms with E-state index in [1.807, 2.05) is 36.4 Å². The number of rotatable bonds is 5. The highest BCUT2D eigenvalue weighted by atomic mass is 16.2. The zero-order chi connectivity index (χ0) is 17.5. The third-order valence-corrected chi connectivity index (χ3v) is 3.48. The van der Waals surface area contributed by atoms with Crippen LogP contribution in [-0.2, 0) is 6.54 Å². The summed E-state index contributed by atoms with van der Waals surface area (Å²) >= 11 is 0. The average Bonchev–Trinajstić information content (AvgIpc) is 2.68. The number of benzene rings is 2. The van der Waals surface area contributed by atoms with Crippen LogP contribution in [0.25, 0.3) is 0 Å². The standard InChI is InChI=1S/C19H16N4O2/c24-18(15-9-5-2-6-10-15)23-17-16(20-11-12-21-17)19(25)22-13-14-7-3-1-4-8-14/h1-12H,13H2,(H,22,25)(H,21,23,24). The highest BCUT2D eigenvalue weighted by Gasteiger charge is 2.16. The Hall–Kier alpha value is -3.54. The van der Waals surface area contributed by atoms with Gasteiger partial charge in [-0.1, -0.05) is 48.5 Å². The number of amides is 2. The lowest BCUT2D eigenvalue weighted by atomic mass is 10.2. The summed E-state index contributed by atoms with van der Waals surface area (Å²) in [5.74, 6) is -0.625. The summed E-state index contributed by atoms with van der Waals surface area (Å²) in [5.41, 5.74) is 1.51. The Labute approximate surface area is 145 Å². The first-order valence-electron chi connectivity index (χ1n) is 7.73. The molecule has 0 aliphatic heterocycles. The van der Waals surface area contributed by atoms with Crippen molar-refractivity contribution >= 4 is 17.6 Å². The molecule has 2 amide bonds. The first-order chi connectivity index (χ1) is 12.2. The molecule has 0 radical (unpaired) electrons. The number of hydrogen-bond acceptors (Lipinski definition) is 4. The normalized spacial score (nSPS) is 10.1. The van der Waals surface area contributed by atoms with Gasteiger partial charge in [-0.05, 0) is 17.7 Å². The summed E-state index contributed by atoms with van der Waals surface area (Å²) in [6.45, 7) is 0.363. The fourth-order valence-electron chi connectivity index (χ4n) is 2.23. The molecule has 2 aromatic carbocycles. The zero-order valence-corrected chi connectivity index (χ0v) is 13.3. The summed E-state index contributed by atoms with van der Waals surface area (Å²) in [4.78, 5) is 32.8. The van der Waals surface area contributed by atoms with Crippen molar-refractivity contribution in [2.75, 3.05) is 5.32 Å². The van der Waals surface area contributed by atoms with E-state index in [1.54, 1.807) is 24.3 Å². The molecule has 3 aromatic rings. The first kappa shape index (κ1) is 16.3. The lowest BCUT2D eigenvalue weighted by Gasteiger charge is -2.09. The van der Waals surface area contributed by atoms with Gasteiger partial charge in [-0.3, -0.25) is 9.59 Å². The van der Waals surface area contributed by atoms with Crippen LogP contribution >= 0.6 is 0 Å². The monoisotopic (exact) mass is 332 g/mol. The predicted molar refractivity (Wildman–Crippen MR) is 94.0 cm³/mol. The summed E-state index contributed by atoms with van der Waals surface area (Å²) in [7, 11) is 0. The molecule has 0 atom stereocenters. The molecule has 0 aliphatic carbocycles. The van der Waals surface area contributed by atoms with Gasteiger partial charge in [0.15, 0.2) is 11.5 Å². The third-order valence-electron chi connectivity index (χ3n) is 3.48. The molecule has 2 N–H and O–H groups in total. The van der Waals surface area contributed by atoms with E-state index >= 15 is 0 Å². The predicted octanol–water partition coefficient (Wildman–Crippen LogP) is 2.66. The highest BCUT2D eigenvalue weighted by Crippen LogP contribution is 2.11. The van der Waals surface area contributed by atoms with Crippen LogP contribution in [0, 0.1) is 0 Å². The minimum atomic E-state index is -0.402. The van der Waals surface area contributed by atoms with E-state index in [9.17, 15) is 9.59 Å². The number of anilines is 1. The van der Waals surface area contributed by atoms with Crippen LogP contribution < -0.4 is 10.6 Å². The second-order valence-electron chi connectivity index (χ2n) is 5.24. The molecule has 3 rings (SSSR count). The van der Waals surface area contributed by atoms with Gasteiger partial charge in [-0.25, -0.2) is 9.97 Å². The largest absolute Gasteiger partial charge is 0.347 e. The van der Waals surface area contributed by atoms with Gasteiger partial charge in [0.2, 0.25) is 0 Å². The summed E-state index contributed by atoms with van der Waals surface area (Å²) in [5, 5.41) is 5.41. The molecular weight excluding hydrogens is 316 g/mol. The van der Waals surface area contributed by atoms with E-state index < -0.39 is 5.91 Å². The van der Waals surface area contributed by atoms with Gasteiger partial charge in [0.1, 0.15) is 0 Å². The molecule has 25 heavy (non-hydrogen) atoms. The Kier molecular flexibility index (Phi) is 5.11. The van der Waals surface area contributed by atoms with Crippen LogP contribution in [0.15, 0.2) is 73.1 Å². The Morgan fingerprint density at radius 2 is 1.44 bits per heavy atom. The third kappa shape index (κ3) is 4.26. The molecule has 124 valence electrons. The maximum atomic E-state index is 12.4. The van der Waals surface area contributed by atoms with Crippen LogP contribution in [0.1, 0.15) is 26.4 Å². The lowest BCUT2D eigenvalue weighted by molar-refractivity contribution is 0.0946. The molecule has 0 aliphatic rings. The maximum Gasteiger partial charge on any atom is 0.274 e. The van der Waals surface area contributed by atoms with E-state index in [-0.39, 0.29) is 17.4 Å². The number of hydrogen-bond donors (Lipinski definition) is 2. The molecule has 0 fully saturated rings. The lowest BCUT2D eigenvalue weighted by Crippen LogP contribution is -2.26. The Balaban J connectivity index is 1.72. The van der Waals surface area contributed by atoms with Crippen LogP contribution in [0.3, 0.4) is 0 Å². The Morgan fingerprint density at radius 3 is 2.16 bits per heavy atom. The van der Waals surface area contributed by atoms with Crippen molar-refractivity contribution in [3.8, 4) is 0 Å². The second kappa shape index (κ2) is 7.83. The minimum Gasteiger partial charge on any atom is -0.347 e. The van der Waals surface area contributed by atoms with Crippen LogP contribution in [-0.4, -0.2) is 21.8 Å². The molecule has 0 spiro atoms. The molecule has 6 nitrogen and oxygen atoms in total. The van der Waals surface area contributed by atoms with Crippen molar-refractivity contribution in [2.45, 2.75) is 6.54 Å². The van der Waals surface area contributed by atoms with Crippen molar-refractivity contribution in [2.24, 2.45) is 0 Å². The summed E-state index contributed by atoms with van der Waals surface area (Å²) in [6, 6.07) is 18.2. The molecule has 6 heteroatoms. The number of nitrogens with one attached hydrogen (secondary N) is 2. The van der Waals surface area contributed by atoms with E-state index in [4.69, 9.17) is 0 Å². The molecule has 0 saturated carbocycles. The molecule has 0 bridgehead atoms. The first-order valence-corrected chi connectivity index (χ1v) is 7.73. The van der Waals surface area contributed by atoms with Gasteiger partial charge in [0, 0.05) is 24.5 Å². The fourth-order valence-corrected chi connectivity index (χ4v) is 2.23. The number of aromatic nitrogens is 2. The number of nitrogens with zero attached hydrogens (tertiary/aromatic N) is 2. The Bertz CT molecular complexity index is 867. The quantitative estimate of drug-likeness (QED) is 0.752. The zero-order valence-electron chi connectivity index (χ0n) is 13.3. The van der Waals surface area contributed by atoms with Crippen molar-refractivity contribution in [1.82, 2.24) is 15.3 Å². The van der Waals surface area contributed by atoms with Crippen molar-refractivity contribution in [3.05, 3.63) is 89.9 Å². The molecule has 0 saturated heterocycles. The summed E-state index contributed by atoms with van der Waals surface area (Å²) in [6.07, 6.45) is 2.84. The smallest absolute Gasteiger partial charge is 0.274 e. The van der Waals surface area contributed by atoms with Gasteiger partial charge >= 0.3 is 0 Å².